The molecule has 0 spiro atoms. The van der Waals surface area contributed by atoms with Crippen molar-refractivity contribution in [1.29, 1.82) is 0 Å². The normalized spacial score (nSPS) is 24.6. The highest BCUT2D eigenvalue weighted by atomic mass is 16.5. The van der Waals surface area contributed by atoms with Gasteiger partial charge in [-0.3, -0.25) is 0 Å². The Labute approximate surface area is 145 Å². The van der Waals surface area contributed by atoms with Crippen LogP contribution in [-0.2, 0) is 17.6 Å². The molecule has 24 heavy (non-hydrogen) atoms. The maximum atomic E-state index is 6.20. The van der Waals surface area contributed by atoms with Crippen LogP contribution in [0.15, 0.2) is 6.07 Å². The number of benzene rings is 1. The lowest BCUT2D eigenvalue weighted by Gasteiger charge is -2.40. The van der Waals surface area contributed by atoms with Crippen molar-refractivity contribution in [1.82, 2.24) is 5.32 Å². The van der Waals surface area contributed by atoms with E-state index in [1.165, 1.54) is 24.1 Å². The van der Waals surface area contributed by atoms with E-state index >= 15 is 0 Å². The summed E-state index contributed by atoms with van der Waals surface area (Å²) in [5.74, 6) is 1.85. The SMILES string of the molecule is CO[C@H](C)CN1c2c(cc3c(c2C2CC2)CCNCC3)OC[C@@H]1C. The summed E-state index contributed by atoms with van der Waals surface area (Å²) in [4.78, 5) is 2.55. The Kier molecular flexibility index (Phi) is 4.44. The second-order valence-electron chi connectivity index (χ2n) is 7.66. The monoisotopic (exact) mass is 330 g/mol. The van der Waals surface area contributed by atoms with Gasteiger partial charge in [0.05, 0.1) is 17.8 Å². The molecule has 1 aromatic carbocycles. The van der Waals surface area contributed by atoms with Crippen LogP contribution >= 0.6 is 0 Å². The first kappa shape index (κ1) is 16.2. The van der Waals surface area contributed by atoms with Crippen LogP contribution in [0.2, 0.25) is 0 Å². The lowest BCUT2D eigenvalue weighted by atomic mass is 9.90. The van der Waals surface area contributed by atoms with Crippen LogP contribution in [-0.4, -0.2) is 45.5 Å². The van der Waals surface area contributed by atoms with Gasteiger partial charge in [0.25, 0.3) is 0 Å². The van der Waals surface area contributed by atoms with Crippen LogP contribution in [0.3, 0.4) is 0 Å². The van der Waals surface area contributed by atoms with E-state index in [9.17, 15) is 0 Å². The van der Waals surface area contributed by atoms with Gasteiger partial charge in [0.15, 0.2) is 0 Å². The van der Waals surface area contributed by atoms with Crippen LogP contribution in [0.25, 0.3) is 0 Å². The Hall–Kier alpha value is -1.26. The molecule has 2 aliphatic heterocycles. The van der Waals surface area contributed by atoms with Gasteiger partial charge in [-0.1, -0.05) is 0 Å². The van der Waals surface area contributed by atoms with E-state index < -0.39 is 0 Å². The van der Waals surface area contributed by atoms with E-state index in [0.29, 0.717) is 6.04 Å². The fraction of sp³-hybridized carbons (Fsp3) is 0.700. The van der Waals surface area contributed by atoms with Crippen molar-refractivity contribution in [2.45, 2.75) is 57.6 Å². The molecule has 0 saturated heterocycles. The average molecular weight is 330 g/mol. The molecule has 0 aromatic heterocycles. The van der Waals surface area contributed by atoms with Crippen LogP contribution in [0, 0.1) is 0 Å². The number of hydrogen-bond donors (Lipinski definition) is 1. The van der Waals surface area contributed by atoms with Gasteiger partial charge in [-0.2, -0.15) is 0 Å². The molecule has 2 heterocycles. The van der Waals surface area contributed by atoms with Gasteiger partial charge < -0.3 is 19.7 Å². The molecule has 1 aromatic rings. The Morgan fingerprint density at radius 1 is 1.33 bits per heavy atom. The first-order valence-corrected chi connectivity index (χ1v) is 9.50. The molecule has 1 N–H and O–H groups in total. The zero-order valence-corrected chi connectivity index (χ0v) is 15.2. The van der Waals surface area contributed by atoms with Crippen LogP contribution in [0.5, 0.6) is 5.75 Å². The summed E-state index contributed by atoms with van der Waals surface area (Å²) < 4.78 is 11.8. The highest BCUT2D eigenvalue weighted by Crippen LogP contribution is 2.52. The first-order chi connectivity index (χ1) is 11.7. The maximum absolute atomic E-state index is 6.20. The molecule has 3 aliphatic rings. The molecule has 4 nitrogen and oxygen atoms in total. The number of hydrogen-bond acceptors (Lipinski definition) is 4. The standard InChI is InChI=1S/C20H30N2O2/c1-13-12-24-18-10-16-6-8-21-9-7-17(16)19(15-4-5-15)20(18)22(13)11-14(2)23-3/h10,13-15,21H,4-9,11-12H2,1-3H3/t13-,14+/m0/s1. The van der Waals surface area contributed by atoms with E-state index in [2.05, 4.69) is 30.1 Å². The van der Waals surface area contributed by atoms with Gasteiger partial charge in [-0.05, 0) is 81.3 Å². The average Bonchev–Trinajstić information content (AvgIpc) is 3.42. The fourth-order valence-electron chi connectivity index (χ4n) is 4.20. The minimum Gasteiger partial charge on any atom is -0.489 e. The molecule has 4 heteroatoms. The second kappa shape index (κ2) is 6.57. The van der Waals surface area contributed by atoms with Crippen LogP contribution < -0.4 is 15.0 Å². The Morgan fingerprint density at radius 3 is 2.88 bits per heavy atom. The number of fused-ring (bicyclic) bond motifs is 2. The van der Waals surface area contributed by atoms with Crippen molar-refractivity contribution in [3.63, 3.8) is 0 Å². The van der Waals surface area contributed by atoms with E-state index in [1.807, 2.05) is 0 Å². The Morgan fingerprint density at radius 2 is 2.12 bits per heavy atom. The number of methoxy groups -OCH3 is 1. The van der Waals surface area contributed by atoms with Crippen molar-refractivity contribution in [2.75, 3.05) is 38.3 Å². The molecule has 1 aliphatic carbocycles. The van der Waals surface area contributed by atoms with Gasteiger partial charge in [0.2, 0.25) is 0 Å². The molecule has 2 atom stereocenters. The minimum atomic E-state index is 0.228. The summed E-state index contributed by atoms with van der Waals surface area (Å²) >= 11 is 0. The smallest absolute Gasteiger partial charge is 0.143 e. The molecule has 132 valence electrons. The van der Waals surface area contributed by atoms with Crippen molar-refractivity contribution >= 4 is 5.69 Å². The predicted molar refractivity (Wildman–Crippen MR) is 97.5 cm³/mol. The second-order valence-corrected chi connectivity index (χ2v) is 7.66. The predicted octanol–water partition coefficient (Wildman–Crippen LogP) is 2.87. The van der Waals surface area contributed by atoms with Crippen molar-refractivity contribution < 1.29 is 9.47 Å². The topological polar surface area (TPSA) is 33.7 Å². The minimum absolute atomic E-state index is 0.228. The maximum Gasteiger partial charge on any atom is 0.143 e. The number of nitrogens with zero attached hydrogens (tertiary/aromatic N) is 1. The third-order valence-corrected chi connectivity index (χ3v) is 5.77. The van der Waals surface area contributed by atoms with Crippen LogP contribution in [0.4, 0.5) is 5.69 Å². The molecule has 0 unspecified atom stereocenters. The van der Waals surface area contributed by atoms with Crippen molar-refractivity contribution in [3.8, 4) is 5.75 Å². The van der Waals surface area contributed by atoms with E-state index in [0.717, 1.165) is 50.8 Å². The lowest BCUT2D eigenvalue weighted by Crippen LogP contribution is -2.45. The molecule has 4 rings (SSSR count). The van der Waals surface area contributed by atoms with Crippen molar-refractivity contribution in [3.05, 3.63) is 22.8 Å². The Bertz CT molecular complexity index is 612. The summed E-state index contributed by atoms with van der Waals surface area (Å²) in [5, 5.41) is 3.56. The first-order valence-electron chi connectivity index (χ1n) is 9.50. The molecule has 0 bridgehead atoms. The third-order valence-electron chi connectivity index (χ3n) is 5.77. The summed E-state index contributed by atoms with van der Waals surface area (Å²) in [6, 6.07) is 2.73. The highest BCUT2D eigenvalue weighted by molar-refractivity contribution is 5.71. The fourth-order valence-corrected chi connectivity index (χ4v) is 4.20. The summed E-state index contributed by atoms with van der Waals surface area (Å²) in [7, 11) is 1.81. The largest absolute Gasteiger partial charge is 0.489 e. The Balaban J connectivity index is 1.83. The summed E-state index contributed by atoms with van der Waals surface area (Å²) in [6.07, 6.45) is 5.16. The molecule has 1 saturated carbocycles. The number of rotatable bonds is 4. The molecule has 1 fully saturated rings. The molecular formula is C20H30N2O2. The van der Waals surface area contributed by atoms with Gasteiger partial charge >= 0.3 is 0 Å². The summed E-state index contributed by atoms with van der Waals surface area (Å²) in [6.45, 7) is 8.31. The quantitative estimate of drug-likeness (QED) is 0.920. The van der Waals surface area contributed by atoms with E-state index in [-0.39, 0.29) is 6.10 Å². The third kappa shape index (κ3) is 2.91. The van der Waals surface area contributed by atoms with E-state index in [1.54, 1.807) is 18.2 Å². The lowest BCUT2D eigenvalue weighted by molar-refractivity contribution is 0.118. The number of anilines is 1. The van der Waals surface area contributed by atoms with Gasteiger partial charge in [-0.15, -0.1) is 0 Å². The molecular weight excluding hydrogens is 300 g/mol. The zero-order chi connectivity index (χ0) is 16.7. The van der Waals surface area contributed by atoms with Gasteiger partial charge in [0, 0.05) is 13.7 Å². The van der Waals surface area contributed by atoms with Gasteiger partial charge in [0.1, 0.15) is 12.4 Å². The number of ether oxygens (including phenoxy) is 2. The van der Waals surface area contributed by atoms with Crippen LogP contribution in [0.1, 0.15) is 49.3 Å². The molecule has 0 radical (unpaired) electrons. The zero-order valence-electron chi connectivity index (χ0n) is 15.2. The van der Waals surface area contributed by atoms with Crippen molar-refractivity contribution in [2.24, 2.45) is 0 Å². The number of nitrogens with one attached hydrogen (secondary N) is 1. The highest BCUT2D eigenvalue weighted by Gasteiger charge is 2.37. The molecule has 0 amide bonds. The van der Waals surface area contributed by atoms with E-state index in [4.69, 9.17) is 9.47 Å². The summed E-state index contributed by atoms with van der Waals surface area (Å²) in [5.41, 5.74) is 6.09. The van der Waals surface area contributed by atoms with Gasteiger partial charge in [-0.25, -0.2) is 0 Å².